The first-order chi connectivity index (χ1) is 20.0. The van der Waals surface area contributed by atoms with Gasteiger partial charge < -0.3 is 9.88 Å². The standard InChI is InChI=1S/C33H34FN7/c1-4-22(9-8-12-41-10-6-7-11-41)15-23(5-2)28-17-26-29(20-36-28)39-40-32(26)33-37-30-19-35-18-27(31(30)38-33)24-13-21(3)14-25(34)16-24/h4-5,13-20H,1,6-12H2,2-3H3,(H,37,38)(H,39,40)/b22-15+,23-5+. The average molecular weight is 548 g/mol. The highest BCUT2D eigenvalue weighted by Gasteiger charge is 2.17. The van der Waals surface area contributed by atoms with Gasteiger partial charge in [0.25, 0.3) is 0 Å². The molecule has 7 nitrogen and oxygen atoms in total. The molecule has 0 unspecified atom stereocenters. The molecule has 1 aliphatic heterocycles. The number of fused-ring (bicyclic) bond motifs is 2. The number of hydrogen-bond donors (Lipinski definition) is 2. The fourth-order valence-electron chi connectivity index (χ4n) is 5.65. The van der Waals surface area contributed by atoms with Crippen LogP contribution in [0.15, 0.2) is 73.2 Å². The van der Waals surface area contributed by atoms with Crippen LogP contribution in [0.25, 0.3) is 50.2 Å². The number of imidazole rings is 1. The molecule has 1 fully saturated rings. The Hall–Kier alpha value is -4.43. The van der Waals surface area contributed by atoms with E-state index in [1.807, 2.05) is 38.3 Å². The number of aromatic nitrogens is 6. The highest BCUT2D eigenvalue weighted by atomic mass is 19.1. The molecule has 1 aromatic carbocycles. The van der Waals surface area contributed by atoms with Crippen molar-refractivity contribution in [1.29, 1.82) is 0 Å². The number of benzene rings is 1. The van der Waals surface area contributed by atoms with Crippen LogP contribution in [0.3, 0.4) is 0 Å². The molecular weight excluding hydrogens is 513 g/mol. The third-order valence-electron chi connectivity index (χ3n) is 7.77. The Morgan fingerprint density at radius 1 is 1.10 bits per heavy atom. The number of rotatable bonds is 9. The van der Waals surface area contributed by atoms with Crippen molar-refractivity contribution in [1.82, 2.24) is 35.0 Å². The zero-order chi connectivity index (χ0) is 28.3. The van der Waals surface area contributed by atoms with Gasteiger partial charge in [0.1, 0.15) is 11.5 Å². The summed E-state index contributed by atoms with van der Waals surface area (Å²) in [6.07, 6.45) is 16.2. The number of halogens is 1. The van der Waals surface area contributed by atoms with Crippen LogP contribution in [0.4, 0.5) is 4.39 Å². The van der Waals surface area contributed by atoms with Gasteiger partial charge in [0, 0.05) is 17.1 Å². The molecule has 5 aromatic rings. The Morgan fingerprint density at radius 3 is 2.73 bits per heavy atom. The van der Waals surface area contributed by atoms with E-state index in [0.29, 0.717) is 17.0 Å². The molecule has 1 saturated heterocycles. The van der Waals surface area contributed by atoms with Gasteiger partial charge in [-0.15, -0.1) is 0 Å². The first kappa shape index (κ1) is 26.8. The minimum Gasteiger partial charge on any atom is -0.335 e. The number of aryl methyl sites for hydroxylation is 1. The average Bonchev–Trinajstić information content (AvgIpc) is 3.73. The highest BCUT2D eigenvalue weighted by molar-refractivity contribution is 5.97. The first-order valence-corrected chi connectivity index (χ1v) is 14.2. The predicted octanol–water partition coefficient (Wildman–Crippen LogP) is 7.40. The van der Waals surface area contributed by atoms with Crippen LogP contribution >= 0.6 is 0 Å². The van der Waals surface area contributed by atoms with E-state index in [1.165, 1.54) is 43.6 Å². The van der Waals surface area contributed by atoms with Gasteiger partial charge in [0.15, 0.2) is 5.82 Å². The minimum atomic E-state index is -0.286. The Morgan fingerprint density at radius 2 is 1.95 bits per heavy atom. The first-order valence-electron chi connectivity index (χ1n) is 14.2. The van der Waals surface area contributed by atoms with E-state index < -0.39 is 0 Å². The van der Waals surface area contributed by atoms with Gasteiger partial charge in [-0.25, -0.2) is 9.37 Å². The molecule has 5 heterocycles. The van der Waals surface area contributed by atoms with Gasteiger partial charge in [-0.2, -0.15) is 5.10 Å². The fraction of sp³-hybridized carbons (Fsp3) is 0.273. The summed E-state index contributed by atoms with van der Waals surface area (Å²) in [4.78, 5) is 19.9. The normalized spacial score (nSPS) is 14.9. The maximum absolute atomic E-state index is 14.2. The zero-order valence-electron chi connectivity index (χ0n) is 23.5. The lowest BCUT2D eigenvalue weighted by Crippen LogP contribution is -2.20. The Balaban J connectivity index is 1.32. The molecule has 8 heteroatoms. The molecule has 208 valence electrons. The van der Waals surface area contributed by atoms with Gasteiger partial charge >= 0.3 is 0 Å². The van der Waals surface area contributed by atoms with Crippen LogP contribution in [-0.2, 0) is 0 Å². The Bertz CT molecular complexity index is 1770. The number of pyridine rings is 2. The number of nitrogens with zero attached hydrogens (tertiary/aromatic N) is 5. The molecule has 0 saturated carbocycles. The van der Waals surface area contributed by atoms with Crippen molar-refractivity contribution >= 4 is 27.5 Å². The number of H-pyrrole nitrogens is 2. The summed E-state index contributed by atoms with van der Waals surface area (Å²) in [7, 11) is 0. The molecule has 2 N–H and O–H groups in total. The van der Waals surface area contributed by atoms with Gasteiger partial charge in [0.05, 0.1) is 34.6 Å². The summed E-state index contributed by atoms with van der Waals surface area (Å²) in [6.45, 7) is 11.5. The third-order valence-corrected chi connectivity index (χ3v) is 7.77. The van der Waals surface area contributed by atoms with E-state index in [2.05, 4.69) is 43.8 Å². The van der Waals surface area contributed by atoms with Crippen molar-refractivity contribution in [2.24, 2.45) is 0 Å². The second kappa shape index (κ2) is 11.6. The maximum atomic E-state index is 14.2. The summed E-state index contributed by atoms with van der Waals surface area (Å²) in [5.41, 5.74) is 8.41. The van der Waals surface area contributed by atoms with Crippen molar-refractivity contribution in [2.75, 3.05) is 19.6 Å². The summed E-state index contributed by atoms with van der Waals surface area (Å²) in [5.74, 6) is 0.322. The summed E-state index contributed by atoms with van der Waals surface area (Å²) in [6, 6.07) is 7.00. The minimum absolute atomic E-state index is 0.286. The van der Waals surface area contributed by atoms with Crippen molar-refractivity contribution in [3.8, 4) is 22.6 Å². The van der Waals surface area contributed by atoms with Gasteiger partial charge in [-0.3, -0.25) is 15.1 Å². The smallest absolute Gasteiger partial charge is 0.159 e. The van der Waals surface area contributed by atoms with Crippen LogP contribution in [0.1, 0.15) is 43.9 Å². The number of likely N-dealkylation sites (tertiary alicyclic amines) is 1. The Kier molecular flexibility index (Phi) is 7.57. The second-order valence-corrected chi connectivity index (χ2v) is 10.7. The van der Waals surface area contributed by atoms with Gasteiger partial charge in [-0.1, -0.05) is 24.8 Å². The highest BCUT2D eigenvalue weighted by Crippen LogP contribution is 2.32. The molecule has 41 heavy (non-hydrogen) atoms. The summed E-state index contributed by atoms with van der Waals surface area (Å²) >= 11 is 0. The lowest BCUT2D eigenvalue weighted by Gasteiger charge is -2.14. The molecule has 0 amide bonds. The van der Waals surface area contributed by atoms with E-state index in [0.717, 1.165) is 63.8 Å². The SMILES string of the molecule is C=C/C(=C\C(=C/C)c1cc2c(-c3nc4c(-c5cc(C)cc(F)c5)cncc4[nH]3)n[nH]c2cn1)CCCN1CCCC1. The quantitative estimate of drug-likeness (QED) is 0.188. The molecule has 4 aromatic heterocycles. The molecule has 0 atom stereocenters. The molecule has 0 bridgehead atoms. The molecule has 0 spiro atoms. The number of nitrogens with one attached hydrogen (secondary N) is 2. The van der Waals surface area contributed by atoms with E-state index in [4.69, 9.17) is 9.97 Å². The van der Waals surface area contributed by atoms with Crippen molar-refractivity contribution in [3.05, 3.63) is 90.3 Å². The zero-order valence-corrected chi connectivity index (χ0v) is 23.5. The maximum Gasteiger partial charge on any atom is 0.159 e. The van der Waals surface area contributed by atoms with E-state index >= 15 is 0 Å². The van der Waals surface area contributed by atoms with Crippen molar-refractivity contribution < 1.29 is 4.39 Å². The number of hydrogen-bond acceptors (Lipinski definition) is 5. The van der Waals surface area contributed by atoms with Crippen LogP contribution < -0.4 is 0 Å². The number of aromatic amines is 2. The van der Waals surface area contributed by atoms with Gasteiger partial charge in [-0.05, 0) is 106 Å². The molecule has 0 aliphatic carbocycles. The third kappa shape index (κ3) is 5.60. The van der Waals surface area contributed by atoms with Crippen LogP contribution in [0, 0.1) is 12.7 Å². The van der Waals surface area contributed by atoms with E-state index in [1.54, 1.807) is 12.4 Å². The van der Waals surface area contributed by atoms with Crippen LogP contribution in [0.5, 0.6) is 0 Å². The summed E-state index contributed by atoms with van der Waals surface area (Å²) < 4.78 is 14.2. The van der Waals surface area contributed by atoms with Crippen LogP contribution in [0.2, 0.25) is 0 Å². The molecule has 0 radical (unpaired) electrons. The monoisotopic (exact) mass is 547 g/mol. The largest absolute Gasteiger partial charge is 0.335 e. The van der Waals surface area contributed by atoms with E-state index in [9.17, 15) is 4.39 Å². The fourth-order valence-corrected chi connectivity index (χ4v) is 5.65. The summed E-state index contributed by atoms with van der Waals surface area (Å²) in [5, 5.41) is 8.58. The van der Waals surface area contributed by atoms with Crippen molar-refractivity contribution in [2.45, 2.75) is 39.5 Å². The predicted molar refractivity (Wildman–Crippen MR) is 164 cm³/mol. The van der Waals surface area contributed by atoms with E-state index in [-0.39, 0.29) is 5.82 Å². The van der Waals surface area contributed by atoms with Crippen LogP contribution in [-0.4, -0.2) is 54.7 Å². The molecule has 6 rings (SSSR count). The molecular formula is C33H34FN7. The lowest BCUT2D eigenvalue weighted by molar-refractivity contribution is 0.334. The van der Waals surface area contributed by atoms with Crippen molar-refractivity contribution in [3.63, 3.8) is 0 Å². The Labute approximate surface area is 238 Å². The second-order valence-electron chi connectivity index (χ2n) is 10.7. The lowest BCUT2D eigenvalue weighted by atomic mass is 10.0. The molecule has 1 aliphatic rings. The topological polar surface area (TPSA) is 86.4 Å². The van der Waals surface area contributed by atoms with Gasteiger partial charge in [0.2, 0.25) is 0 Å². The number of allylic oxidation sites excluding steroid dienone is 5.